The molecular formula is C19H32IN5O4. The summed E-state index contributed by atoms with van der Waals surface area (Å²) in [5.41, 5.74) is 0. The smallest absolute Gasteiger partial charge is 0.236 e. The van der Waals surface area contributed by atoms with Crippen LogP contribution in [-0.2, 0) is 9.53 Å². The lowest BCUT2D eigenvalue weighted by Gasteiger charge is -2.37. The zero-order valence-electron chi connectivity index (χ0n) is 17.0. The quantitative estimate of drug-likeness (QED) is 0.318. The number of halogens is 1. The van der Waals surface area contributed by atoms with Gasteiger partial charge in [-0.1, -0.05) is 0 Å². The summed E-state index contributed by atoms with van der Waals surface area (Å²) in [7, 11) is 0. The lowest BCUT2D eigenvalue weighted by atomic mass is 10.3. The molecule has 2 aliphatic heterocycles. The number of aliphatic hydroxyl groups is 1. The molecule has 1 aromatic rings. The molecule has 1 aromatic heterocycles. The number of aliphatic imine (C=N–C) groups is 1. The van der Waals surface area contributed by atoms with Crippen LogP contribution in [0.3, 0.4) is 0 Å². The molecule has 2 N–H and O–H groups in total. The Morgan fingerprint density at radius 1 is 1.21 bits per heavy atom. The van der Waals surface area contributed by atoms with Crippen LogP contribution in [0.5, 0.6) is 0 Å². The summed E-state index contributed by atoms with van der Waals surface area (Å²) >= 11 is 0. The Morgan fingerprint density at radius 3 is 2.55 bits per heavy atom. The second-order valence-electron chi connectivity index (χ2n) is 6.98. The minimum atomic E-state index is -0.754. The van der Waals surface area contributed by atoms with E-state index in [4.69, 9.17) is 9.15 Å². The SMILES string of the molecule is CCNC(=NCC(O)c1ccco1)N1CCN(CC(=O)N2CCOCC2)CC1.I. The van der Waals surface area contributed by atoms with Crippen molar-refractivity contribution in [3.05, 3.63) is 24.2 Å². The largest absolute Gasteiger partial charge is 0.467 e. The van der Waals surface area contributed by atoms with Crippen molar-refractivity contribution < 1.29 is 19.1 Å². The summed E-state index contributed by atoms with van der Waals surface area (Å²) in [6.45, 7) is 9.31. The monoisotopic (exact) mass is 521 g/mol. The van der Waals surface area contributed by atoms with E-state index < -0.39 is 6.10 Å². The van der Waals surface area contributed by atoms with E-state index in [-0.39, 0.29) is 36.4 Å². The molecule has 2 aliphatic rings. The number of nitrogens with one attached hydrogen (secondary N) is 1. The molecule has 0 radical (unpaired) electrons. The number of ether oxygens (including phenoxy) is 1. The second kappa shape index (κ2) is 12.4. The van der Waals surface area contributed by atoms with E-state index in [1.165, 1.54) is 0 Å². The predicted octanol–water partition coefficient (Wildman–Crippen LogP) is 0.373. The molecule has 0 bridgehead atoms. The van der Waals surface area contributed by atoms with Gasteiger partial charge in [0.2, 0.25) is 5.91 Å². The van der Waals surface area contributed by atoms with Crippen molar-refractivity contribution in [1.29, 1.82) is 0 Å². The highest BCUT2D eigenvalue weighted by Crippen LogP contribution is 2.13. The topological polar surface area (TPSA) is 93.8 Å². The minimum Gasteiger partial charge on any atom is -0.467 e. The van der Waals surface area contributed by atoms with Crippen molar-refractivity contribution in [2.75, 3.05) is 72.1 Å². The molecule has 9 nitrogen and oxygen atoms in total. The van der Waals surface area contributed by atoms with Gasteiger partial charge in [0, 0.05) is 45.8 Å². The van der Waals surface area contributed by atoms with Crippen LogP contribution in [0.2, 0.25) is 0 Å². The van der Waals surface area contributed by atoms with Crippen LogP contribution in [0.1, 0.15) is 18.8 Å². The maximum absolute atomic E-state index is 12.4. The van der Waals surface area contributed by atoms with E-state index in [9.17, 15) is 9.90 Å². The van der Waals surface area contributed by atoms with Gasteiger partial charge in [0.25, 0.3) is 0 Å². The number of carbonyl (C=O) groups is 1. The van der Waals surface area contributed by atoms with Crippen LogP contribution in [0.15, 0.2) is 27.8 Å². The van der Waals surface area contributed by atoms with Crippen molar-refractivity contribution >= 4 is 35.8 Å². The number of hydrogen-bond donors (Lipinski definition) is 2. The van der Waals surface area contributed by atoms with Crippen LogP contribution in [0, 0.1) is 0 Å². The molecular weight excluding hydrogens is 489 g/mol. The molecule has 29 heavy (non-hydrogen) atoms. The Balaban J connectivity index is 0.00000300. The normalized spacial score (nSPS) is 19.6. The minimum absolute atomic E-state index is 0. The Bertz CT molecular complexity index is 629. The Kier molecular flexibility index (Phi) is 10.2. The fourth-order valence-electron chi connectivity index (χ4n) is 3.39. The first kappa shape index (κ1) is 23.9. The molecule has 0 saturated carbocycles. The van der Waals surface area contributed by atoms with Gasteiger partial charge >= 0.3 is 0 Å². The highest BCUT2D eigenvalue weighted by molar-refractivity contribution is 14.0. The van der Waals surface area contributed by atoms with Gasteiger partial charge in [0.05, 0.1) is 32.6 Å². The maximum atomic E-state index is 12.4. The molecule has 0 aliphatic carbocycles. The van der Waals surface area contributed by atoms with E-state index in [0.29, 0.717) is 38.6 Å². The van der Waals surface area contributed by atoms with Crippen LogP contribution in [0.25, 0.3) is 0 Å². The van der Waals surface area contributed by atoms with Gasteiger partial charge in [-0.3, -0.25) is 9.69 Å². The Labute approximate surface area is 189 Å². The molecule has 1 unspecified atom stereocenters. The predicted molar refractivity (Wildman–Crippen MR) is 120 cm³/mol. The summed E-state index contributed by atoms with van der Waals surface area (Å²) in [5, 5.41) is 13.5. The fraction of sp³-hybridized carbons (Fsp3) is 0.684. The second-order valence-corrected chi connectivity index (χ2v) is 6.98. The molecule has 2 fully saturated rings. The van der Waals surface area contributed by atoms with E-state index in [1.54, 1.807) is 18.4 Å². The molecule has 0 aromatic carbocycles. The van der Waals surface area contributed by atoms with Crippen LogP contribution >= 0.6 is 24.0 Å². The highest BCUT2D eigenvalue weighted by atomic mass is 127. The van der Waals surface area contributed by atoms with Gasteiger partial charge in [0.15, 0.2) is 5.96 Å². The van der Waals surface area contributed by atoms with Gasteiger partial charge < -0.3 is 29.4 Å². The number of furan rings is 1. The number of amides is 1. The molecule has 0 spiro atoms. The third-order valence-corrected chi connectivity index (χ3v) is 5.01. The summed E-state index contributed by atoms with van der Waals surface area (Å²) in [4.78, 5) is 23.2. The van der Waals surface area contributed by atoms with E-state index >= 15 is 0 Å². The van der Waals surface area contributed by atoms with E-state index in [0.717, 1.165) is 38.7 Å². The van der Waals surface area contributed by atoms with Gasteiger partial charge in [0.1, 0.15) is 11.9 Å². The van der Waals surface area contributed by atoms with Gasteiger partial charge in [-0.15, -0.1) is 24.0 Å². The molecule has 3 rings (SSSR count). The third kappa shape index (κ3) is 7.12. The zero-order chi connectivity index (χ0) is 19.8. The molecule has 2 saturated heterocycles. The van der Waals surface area contributed by atoms with Crippen LogP contribution in [-0.4, -0.2) is 104 Å². The van der Waals surface area contributed by atoms with Crippen molar-refractivity contribution in [3.63, 3.8) is 0 Å². The van der Waals surface area contributed by atoms with Crippen molar-refractivity contribution in [3.8, 4) is 0 Å². The fourth-order valence-corrected chi connectivity index (χ4v) is 3.39. The molecule has 10 heteroatoms. The zero-order valence-corrected chi connectivity index (χ0v) is 19.3. The number of hydrogen-bond acceptors (Lipinski definition) is 6. The van der Waals surface area contributed by atoms with E-state index in [1.807, 2.05) is 11.8 Å². The third-order valence-electron chi connectivity index (χ3n) is 5.01. The number of rotatable bonds is 6. The maximum Gasteiger partial charge on any atom is 0.236 e. The van der Waals surface area contributed by atoms with Crippen LogP contribution < -0.4 is 5.32 Å². The first-order valence-electron chi connectivity index (χ1n) is 10.00. The molecule has 1 atom stereocenters. The van der Waals surface area contributed by atoms with Gasteiger partial charge in [-0.25, -0.2) is 4.99 Å². The number of aliphatic hydroxyl groups excluding tert-OH is 1. The first-order chi connectivity index (χ1) is 13.7. The Hall–Kier alpha value is -1.37. The molecule has 1 amide bonds. The average Bonchev–Trinajstić information content (AvgIpc) is 3.27. The molecule has 3 heterocycles. The number of morpholine rings is 1. The number of carbonyl (C=O) groups excluding carboxylic acids is 1. The van der Waals surface area contributed by atoms with Crippen molar-refractivity contribution in [2.45, 2.75) is 13.0 Å². The number of piperazine rings is 1. The van der Waals surface area contributed by atoms with Crippen molar-refractivity contribution in [1.82, 2.24) is 20.0 Å². The van der Waals surface area contributed by atoms with Gasteiger partial charge in [-0.2, -0.15) is 0 Å². The van der Waals surface area contributed by atoms with E-state index in [2.05, 4.69) is 20.1 Å². The summed E-state index contributed by atoms with van der Waals surface area (Å²) in [6.07, 6.45) is 0.793. The summed E-state index contributed by atoms with van der Waals surface area (Å²) < 4.78 is 10.5. The first-order valence-corrected chi connectivity index (χ1v) is 10.00. The Morgan fingerprint density at radius 2 is 1.93 bits per heavy atom. The van der Waals surface area contributed by atoms with Crippen molar-refractivity contribution in [2.24, 2.45) is 4.99 Å². The average molecular weight is 521 g/mol. The number of nitrogens with zero attached hydrogens (tertiary/aromatic N) is 4. The van der Waals surface area contributed by atoms with Crippen LogP contribution in [0.4, 0.5) is 0 Å². The summed E-state index contributed by atoms with van der Waals surface area (Å²) in [6, 6.07) is 3.50. The molecule has 164 valence electrons. The van der Waals surface area contributed by atoms with Gasteiger partial charge in [-0.05, 0) is 19.1 Å². The lowest BCUT2D eigenvalue weighted by molar-refractivity contribution is -0.136. The summed E-state index contributed by atoms with van der Waals surface area (Å²) in [5.74, 6) is 1.48. The highest BCUT2D eigenvalue weighted by Gasteiger charge is 2.24. The standard InChI is InChI=1S/C19H31N5O4.HI/c1-2-20-19(21-14-16(25)17-4-3-11-28-17)24-7-5-22(6-8-24)15-18(26)23-9-12-27-13-10-23;/h3-4,11,16,25H,2,5-10,12-15H2,1H3,(H,20,21);1H. The lowest BCUT2D eigenvalue weighted by Crippen LogP contribution is -2.55. The number of guanidine groups is 1.